The van der Waals surface area contributed by atoms with Crippen LogP contribution in [0.5, 0.6) is 0 Å². The van der Waals surface area contributed by atoms with Gasteiger partial charge in [-0.1, -0.05) is 366 Å². The SMILES string of the molecule is CCCCCCCCCCCCCCCCCCCCC/C=C/CC/C=C/C(O)C(COP(=O)([O-])OCC[N+](C)(C)C)NC(=O)CCCCCCCCCCCCCCCCCCCCCCCCCCCCCCCCCCCC. The van der Waals surface area contributed by atoms with Gasteiger partial charge in [0.15, 0.2) is 0 Å². The molecular weight excluding hydrogens is 1020 g/mol. The maximum Gasteiger partial charge on any atom is 0.268 e. The molecule has 9 heteroatoms. The molecule has 0 aliphatic heterocycles. The van der Waals surface area contributed by atoms with Crippen LogP contribution in [-0.2, 0) is 18.4 Å². The van der Waals surface area contributed by atoms with E-state index in [9.17, 15) is 19.4 Å². The van der Waals surface area contributed by atoms with E-state index in [1.807, 2.05) is 27.2 Å². The number of aliphatic hydroxyl groups excluding tert-OH is 1. The number of aliphatic hydroxyl groups is 1. The number of quaternary nitrogens is 1. The predicted octanol–water partition coefficient (Wildman–Crippen LogP) is 22.4. The number of carbonyl (C=O) groups is 1. The van der Waals surface area contributed by atoms with Gasteiger partial charge in [-0.15, -0.1) is 0 Å². The first kappa shape index (κ1) is 80.0. The predicted molar refractivity (Wildman–Crippen MR) is 353 cm³/mol. The topological polar surface area (TPSA) is 108 Å². The highest BCUT2D eigenvalue weighted by molar-refractivity contribution is 7.45. The number of unbranched alkanes of at least 4 members (excludes halogenated alkanes) is 53. The van der Waals surface area contributed by atoms with Crippen molar-refractivity contribution in [3.63, 3.8) is 0 Å². The summed E-state index contributed by atoms with van der Waals surface area (Å²) in [7, 11) is 1.26. The van der Waals surface area contributed by atoms with E-state index in [4.69, 9.17) is 9.05 Å². The minimum Gasteiger partial charge on any atom is -0.756 e. The minimum absolute atomic E-state index is 0.00339. The molecule has 1 amide bonds. The third kappa shape index (κ3) is 66.4. The standard InChI is InChI=1S/C72H143N2O6P/c1-6-8-10-12-14-16-18-20-22-24-26-28-30-32-33-34-35-36-37-38-39-40-42-44-46-48-50-52-54-56-58-60-62-64-66-72(76)73-70(69-80-81(77,78)79-68-67-74(3,4)5)71(75)65-63-61-59-57-55-53-51-49-47-45-43-41-31-29-27-25-23-21-19-17-15-13-11-9-7-2/h55,57,63,65,70-71,75H,6-54,56,58-62,64,66-69H2,1-5H3,(H-,73,76,77,78)/b57-55+,65-63+. The van der Waals surface area contributed by atoms with Gasteiger partial charge in [0.25, 0.3) is 7.82 Å². The lowest BCUT2D eigenvalue weighted by Crippen LogP contribution is -2.45. The summed E-state index contributed by atoms with van der Waals surface area (Å²) in [6, 6.07) is -0.902. The summed E-state index contributed by atoms with van der Waals surface area (Å²) < 4.78 is 23.4. The molecule has 0 rings (SSSR count). The smallest absolute Gasteiger partial charge is 0.268 e. The van der Waals surface area contributed by atoms with Gasteiger partial charge < -0.3 is 28.8 Å². The summed E-state index contributed by atoms with van der Waals surface area (Å²) in [6.45, 7) is 4.70. The molecular formula is C72H143N2O6P. The second-order valence-corrected chi connectivity index (χ2v) is 27.7. The Labute approximate surface area is 506 Å². The number of phosphoric ester groups is 1. The third-order valence-corrected chi connectivity index (χ3v) is 17.9. The van der Waals surface area contributed by atoms with Crippen molar-refractivity contribution in [2.45, 2.75) is 392 Å². The maximum atomic E-state index is 13.0. The van der Waals surface area contributed by atoms with Crippen molar-refractivity contribution >= 4 is 13.7 Å². The number of likely N-dealkylation sites (N-methyl/N-ethyl adjacent to an activating group) is 1. The van der Waals surface area contributed by atoms with E-state index in [-0.39, 0.29) is 19.1 Å². The number of hydrogen-bond acceptors (Lipinski definition) is 6. The van der Waals surface area contributed by atoms with Gasteiger partial charge in [-0.3, -0.25) is 9.36 Å². The molecule has 8 nitrogen and oxygen atoms in total. The van der Waals surface area contributed by atoms with Crippen molar-refractivity contribution in [1.82, 2.24) is 5.32 Å². The van der Waals surface area contributed by atoms with E-state index in [0.29, 0.717) is 17.4 Å². The molecule has 0 aromatic carbocycles. The van der Waals surface area contributed by atoms with Crippen LogP contribution in [0.2, 0.25) is 0 Å². The first-order valence-electron chi connectivity index (χ1n) is 36.2. The van der Waals surface area contributed by atoms with Crippen LogP contribution in [0.25, 0.3) is 0 Å². The fraction of sp³-hybridized carbons (Fsp3) is 0.931. The first-order valence-corrected chi connectivity index (χ1v) is 37.7. The largest absolute Gasteiger partial charge is 0.756 e. The van der Waals surface area contributed by atoms with Gasteiger partial charge in [-0.05, 0) is 32.1 Å². The minimum atomic E-state index is -4.61. The zero-order valence-electron chi connectivity index (χ0n) is 55.3. The Balaban J connectivity index is 4.01. The Morgan fingerprint density at radius 3 is 1.00 bits per heavy atom. The lowest BCUT2D eigenvalue weighted by Gasteiger charge is -2.29. The number of nitrogens with one attached hydrogen (secondary N) is 1. The van der Waals surface area contributed by atoms with Crippen molar-refractivity contribution < 1.29 is 32.9 Å². The molecule has 0 aliphatic carbocycles. The molecule has 482 valence electrons. The molecule has 3 atom stereocenters. The average Bonchev–Trinajstić information content (AvgIpc) is 3.43. The molecule has 0 bridgehead atoms. The molecule has 0 fully saturated rings. The second-order valence-electron chi connectivity index (χ2n) is 26.3. The highest BCUT2D eigenvalue weighted by atomic mass is 31.2. The van der Waals surface area contributed by atoms with Crippen LogP contribution in [0.15, 0.2) is 24.3 Å². The van der Waals surface area contributed by atoms with Gasteiger partial charge >= 0.3 is 0 Å². The van der Waals surface area contributed by atoms with Crippen LogP contribution in [0.4, 0.5) is 0 Å². The number of hydrogen-bond donors (Lipinski definition) is 2. The fourth-order valence-corrected chi connectivity index (χ4v) is 12.0. The molecule has 0 aliphatic rings. The van der Waals surface area contributed by atoms with Gasteiger partial charge in [-0.25, -0.2) is 0 Å². The molecule has 0 spiro atoms. The van der Waals surface area contributed by atoms with Gasteiger partial charge in [-0.2, -0.15) is 0 Å². The van der Waals surface area contributed by atoms with E-state index in [1.165, 1.54) is 321 Å². The van der Waals surface area contributed by atoms with Crippen molar-refractivity contribution in [3.05, 3.63) is 24.3 Å². The molecule has 0 heterocycles. The van der Waals surface area contributed by atoms with Crippen LogP contribution in [-0.4, -0.2) is 68.5 Å². The van der Waals surface area contributed by atoms with Gasteiger partial charge in [0.05, 0.1) is 39.9 Å². The maximum absolute atomic E-state index is 13.0. The summed E-state index contributed by atoms with van der Waals surface area (Å²) in [5.41, 5.74) is 0. The average molecular weight is 1160 g/mol. The second kappa shape index (κ2) is 63.5. The van der Waals surface area contributed by atoms with Crippen LogP contribution < -0.4 is 10.2 Å². The zero-order chi connectivity index (χ0) is 59.1. The fourth-order valence-electron chi connectivity index (χ4n) is 11.3. The molecule has 81 heavy (non-hydrogen) atoms. The first-order chi connectivity index (χ1) is 39.5. The van der Waals surface area contributed by atoms with Crippen molar-refractivity contribution in [3.8, 4) is 0 Å². The molecule has 0 saturated carbocycles. The monoisotopic (exact) mass is 1160 g/mol. The van der Waals surface area contributed by atoms with Crippen LogP contribution in [0.3, 0.4) is 0 Å². The number of nitrogens with zero attached hydrogens (tertiary/aromatic N) is 1. The summed E-state index contributed by atoms with van der Waals surface area (Å²) in [5.74, 6) is -0.198. The van der Waals surface area contributed by atoms with Gasteiger partial charge in [0.1, 0.15) is 13.2 Å². The lowest BCUT2D eigenvalue weighted by atomic mass is 10.0. The van der Waals surface area contributed by atoms with Gasteiger partial charge in [0.2, 0.25) is 5.91 Å². The Bertz CT molecular complexity index is 1370. The normalized spacial score (nSPS) is 13.7. The third-order valence-electron chi connectivity index (χ3n) is 16.9. The summed E-state index contributed by atoms with van der Waals surface area (Å²) in [4.78, 5) is 25.6. The highest BCUT2D eigenvalue weighted by Crippen LogP contribution is 2.38. The molecule has 0 aromatic heterocycles. The van der Waals surface area contributed by atoms with Crippen LogP contribution in [0, 0.1) is 0 Å². The Kier molecular flexibility index (Phi) is 62.7. The number of carbonyl (C=O) groups excluding carboxylic acids is 1. The lowest BCUT2D eigenvalue weighted by molar-refractivity contribution is -0.870. The Morgan fingerprint density at radius 2 is 0.691 bits per heavy atom. The molecule has 2 N–H and O–H groups in total. The van der Waals surface area contributed by atoms with E-state index >= 15 is 0 Å². The molecule has 0 aromatic rings. The van der Waals surface area contributed by atoms with Crippen molar-refractivity contribution in [2.75, 3.05) is 40.9 Å². The van der Waals surface area contributed by atoms with Crippen molar-refractivity contribution in [1.29, 1.82) is 0 Å². The molecule has 0 saturated heterocycles. The van der Waals surface area contributed by atoms with E-state index in [0.717, 1.165) is 38.5 Å². The molecule has 3 unspecified atom stereocenters. The van der Waals surface area contributed by atoms with Gasteiger partial charge in [0, 0.05) is 6.42 Å². The van der Waals surface area contributed by atoms with E-state index < -0.39 is 20.0 Å². The van der Waals surface area contributed by atoms with Crippen LogP contribution in [0.1, 0.15) is 380 Å². The number of phosphoric acid groups is 1. The summed E-state index contributed by atoms with van der Waals surface area (Å²) in [5, 5.41) is 13.9. The summed E-state index contributed by atoms with van der Waals surface area (Å²) >= 11 is 0. The highest BCUT2D eigenvalue weighted by Gasteiger charge is 2.23. The number of allylic oxidation sites excluding steroid dienone is 3. The Morgan fingerprint density at radius 1 is 0.420 bits per heavy atom. The van der Waals surface area contributed by atoms with Crippen LogP contribution >= 0.6 is 7.82 Å². The number of amides is 1. The number of rotatable bonds is 68. The summed E-state index contributed by atoms with van der Waals surface area (Å²) in [6.07, 6.45) is 83.3. The zero-order valence-corrected chi connectivity index (χ0v) is 56.2. The quantitative estimate of drug-likeness (QED) is 0.0272. The van der Waals surface area contributed by atoms with E-state index in [2.05, 4.69) is 31.3 Å². The molecule has 0 radical (unpaired) electrons. The van der Waals surface area contributed by atoms with Crippen molar-refractivity contribution in [2.24, 2.45) is 0 Å². The van der Waals surface area contributed by atoms with E-state index in [1.54, 1.807) is 6.08 Å². The Hall–Kier alpha value is -1.02.